The molecule has 0 aliphatic carbocycles. The maximum Gasteiger partial charge on any atom is 0.224 e. The lowest BCUT2D eigenvalue weighted by atomic mass is 10.0. The zero-order valence-corrected chi connectivity index (χ0v) is 26.5. The molecule has 242 valence electrons. The van der Waals surface area contributed by atoms with Crippen molar-refractivity contribution in [3.63, 3.8) is 0 Å². The second kappa shape index (κ2) is 16.3. The molecule has 0 unspecified atom stereocenters. The van der Waals surface area contributed by atoms with Crippen molar-refractivity contribution in [1.82, 2.24) is 25.5 Å². The van der Waals surface area contributed by atoms with Crippen molar-refractivity contribution in [3.8, 4) is 0 Å². The standard InChI is InChI=1S/C33H39N7O5S/c1-40-33(37-38-39-40)46-21-26-18-29(24-14-12-23(20-41)13-15-24)45-32(44-26)25-16-10-22(11-17-25)19-35-30(42)8-4-5-9-31(43)36-28-7-3-2-6-27(28)34/h2-3,6-7,10-17,26,29,32,41H,4-5,8-9,18-21,34H2,1H3,(H,35,42)(H,36,43)/t26-,29+,32+/m0/s1. The highest BCUT2D eigenvalue weighted by atomic mass is 32.2. The van der Waals surface area contributed by atoms with Crippen LogP contribution in [0.3, 0.4) is 0 Å². The first-order valence-corrected chi connectivity index (χ1v) is 16.2. The second-order valence-electron chi connectivity index (χ2n) is 11.1. The lowest BCUT2D eigenvalue weighted by Crippen LogP contribution is -2.31. The number of thioether (sulfide) groups is 1. The number of aliphatic hydroxyl groups excluding tert-OH is 1. The van der Waals surface area contributed by atoms with E-state index in [2.05, 4.69) is 26.2 Å². The van der Waals surface area contributed by atoms with Crippen molar-refractivity contribution in [2.24, 2.45) is 7.05 Å². The number of aromatic nitrogens is 4. The normalized spacial score (nSPS) is 17.8. The van der Waals surface area contributed by atoms with Gasteiger partial charge >= 0.3 is 0 Å². The van der Waals surface area contributed by atoms with Gasteiger partial charge in [0.1, 0.15) is 0 Å². The third-order valence-corrected chi connectivity index (χ3v) is 8.77. The number of para-hydroxylation sites is 2. The summed E-state index contributed by atoms with van der Waals surface area (Å²) in [5.41, 5.74) is 10.7. The van der Waals surface area contributed by atoms with Crippen LogP contribution in [0.15, 0.2) is 78.0 Å². The summed E-state index contributed by atoms with van der Waals surface area (Å²) in [5.74, 6) is 0.461. The Morgan fingerprint density at radius 2 is 1.65 bits per heavy atom. The molecule has 1 fully saturated rings. The van der Waals surface area contributed by atoms with Crippen LogP contribution in [-0.4, -0.2) is 49.0 Å². The van der Waals surface area contributed by atoms with Crippen LogP contribution < -0.4 is 16.4 Å². The molecule has 13 heteroatoms. The molecule has 1 aliphatic rings. The van der Waals surface area contributed by atoms with E-state index in [1.54, 1.807) is 23.9 Å². The van der Waals surface area contributed by atoms with Crippen molar-refractivity contribution >= 4 is 35.0 Å². The van der Waals surface area contributed by atoms with Gasteiger partial charge in [-0.1, -0.05) is 72.4 Å². The van der Waals surface area contributed by atoms with Crippen LogP contribution in [0.2, 0.25) is 0 Å². The maximum absolute atomic E-state index is 12.4. The van der Waals surface area contributed by atoms with Crippen molar-refractivity contribution in [3.05, 3.63) is 95.1 Å². The number of carbonyl (C=O) groups excluding carboxylic acids is 2. The van der Waals surface area contributed by atoms with E-state index in [0.29, 0.717) is 60.9 Å². The molecule has 2 amide bonds. The number of aliphatic hydroxyl groups is 1. The highest BCUT2D eigenvalue weighted by molar-refractivity contribution is 7.99. The van der Waals surface area contributed by atoms with Crippen LogP contribution in [-0.2, 0) is 39.3 Å². The zero-order valence-electron chi connectivity index (χ0n) is 25.7. The minimum atomic E-state index is -0.585. The summed E-state index contributed by atoms with van der Waals surface area (Å²) in [7, 11) is 1.80. The van der Waals surface area contributed by atoms with E-state index in [1.165, 1.54) is 11.8 Å². The van der Waals surface area contributed by atoms with E-state index in [9.17, 15) is 14.7 Å². The number of ether oxygens (including phenoxy) is 2. The Kier molecular flexibility index (Phi) is 11.7. The van der Waals surface area contributed by atoms with Gasteiger partial charge in [0.05, 0.1) is 30.2 Å². The van der Waals surface area contributed by atoms with E-state index in [0.717, 1.165) is 22.3 Å². The van der Waals surface area contributed by atoms with Gasteiger partial charge in [0.2, 0.25) is 17.0 Å². The fourth-order valence-corrected chi connectivity index (χ4v) is 5.88. The number of nitrogens with two attached hydrogens (primary N) is 1. The molecule has 3 aromatic carbocycles. The average molecular weight is 646 g/mol. The summed E-state index contributed by atoms with van der Waals surface area (Å²) in [4.78, 5) is 24.6. The second-order valence-corrected chi connectivity index (χ2v) is 12.1. The van der Waals surface area contributed by atoms with E-state index in [1.807, 2.05) is 60.7 Å². The van der Waals surface area contributed by atoms with Gasteiger partial charge < -0.3 is 30.9 Å². The molecule has 0 radical (unpaired) electrons. The van der Waals surface area contributed by atoms with Gasteiger partial charge in [-0.2, -0.15) is 0 Å². The molecule has 1 saturated heterocycles. The molecule has 0 bridgehead atoms. The molecule has 0 saturated carbocycles. The Hall–Kier alpha value is -4.30. The molecule has 5 rings (SSSR count). The Labute approximate surface area is 272 Å². The van der Waals surface area contributed by atoms with Crippen LogP contribution in [0.1, 0.15) is 66.8 Å². The predicted molar refractivity (Wildman–Crippen MR) is 174 cm³/mol. The predicted octanol–water partition coefficient (Wildman–Crippen LogP) is 4.44. The van der Waals surface area contributed by atoms with Gasteiger partial charge in [0.15, 0.2) is 6.29 Å². The van der Waals surface area contributed by atoms with E-state index < -0.39 is 6.29 Å². The van der Waals surface area contributed by atoms with Gasteiger partial charge in [0.25, 0.3) is 0 Å². The third-order valence-electron chi connectivity index (χ3n) is 7.63. The fourth-order valence-electron chi connectivity index (χ4n) is 5.01. The Morgan fingerprint density at radius 1 is 0.957 bits per heavy atom. The largest absolute Gasteiger partial charge is 0.397 e. The average Bonchev–Trinajstić information content (AvgIpc) is 3.50. The van der Waals surface area contributed by atoms with E-state index in [-0.39, 0.29) is 30.6 Å². The van der Waals surface area contributed by atoms with Crippen molar-refractivity contribution in [2.45, 2.75) is 68.9 Å². The number of hydrogen-bond donors (Lipinski definition) is 4. The van der Waals surface area contributed by atoms with Crippen molar-refractivity contribution in [1.29, 1.82) is 0 Å². The summed E-state index contributed by atoms with van der Waals surface area (Å²) < 4.78 is 14.5. The summed E-state index contributed by atoms with van der Waals surface area (Å²) in [6.45, 7) is 0.379. The van der Waals surface area contributed by atoms with Gasteiger partial charge in [-0.05, 0) is 52.1 Å². The number of hydrogen-bond acceptors (Lipinski definition) is 10. The van der Waals surface area contributed by atoms with Gasteiger partial charge in [-0.3, -0.25) is 9.59 Å². The number of aryl methyl sites for hydroxylation is 1. The maximum atomic E-state index is 12.4. The minimum absolute atomic E-state index is 0.0144. The highest BCUT2D eigenvalue weighted by Crippen LogP contribution is 2.39. The summed E-state index contributed by atoms with van der Waals surface area (Å²) >= 11 is 1.53. The third kappa shape index (κ3) is 9.36. The summed E-state index contributed by atoms with van der Waals surface area (Å²) in [6.07, 6.45) is 1.62. The lowest BCUT2D eigenvalue weighted by Gasteiger charge is -2.36. The summed E-state index contributed by atoms with van der Waals surface area (Å²) in [6, 6.07) is 22.7. The number of unbranched alkanes of at least 4 members (excludes halogenated alkanes) is 1. The molecule has 12 nitrogen and oxygen atoms in total. The number of nitrogens with zero attached hydrogens (tertiary/aromatic N) is 4. The number of benzene rings is 3. The Balaban J connectivity index is 1.10. The van der Waals surface area contributed by atoms with Crippen LogP contribution in [0.4, 0.5) is 11.4 Å². The number of nitrogens with one attached hydrogen (secondary N) is 2. The molecule has 0 spiro atoms. The molecular weight excluding hydrogens is 606 g/mol. The van der Waals surface area contributed by atoms with Gasteiger partial charge in [-0.25, -0.2) is 4.68 Å². The van der Waals surface area contributed by atoms with Gasteiger partial charge in [0, 0.05) is 44.2 Å². The van der Waals surface area contributed by atoms with Crippen molar-refractivity contribution in [2.75, 3.05) is 16.8 Å². The smallest absolute Gasteiger partial charge is 0.224 e. The highest BCUT2D eigenvalue weighted by Gasteiger charge is 2.32. The first-order chi connectivity index (χ1) is 22.4. The molecule has 4 aromatic rings. The molecular formula is C33H39N7O5S. The number of anilines is 2. The van der Waals surface area contributed by atoms with Crippen molar-refractivity contribution < 1.29 is 24.2 Å². The molecule has 46 heavy (non-hydrogen) atoms. The lowest BCUT2D eigenvalue weighted by molar-refractivity contribution is -0.245. The quantitative estimate of drug-likeness (QED) is 0.0875. The SMILES string of the molecule is Cn1nnnc1SC[C@@H]1C[C@H](c2ccc(CO)cc2)O[C@H](c2ccc(CNC(=O)CCCCC(=O)Nc3ccccc3N)cc2)O1. The topological polar surface area (TPSA) is 167 Å². The minimum Gasteiger partial charge on any atom is -0.397 e. The first-order valence-electron chi connectivity index (χ1n) is 15.2. The zero-order chi connectivity index (χ0) is 32.3. The van der Waals surface area contributed by atoms with Crippen LogP contribution in [0.25, 0.3) is 0 Å². The number of carbonyl (C=O) groups is 2. The fraction of sp³-hybridized carbons (Fsp3) is 0.364. The van der Waals surface area contributed by atoms with Crippen LogP contribution in [0, 0.1) is 0 Å². The van der Waals surface area contributed by atoms with Crippen LogP contribution in [0.5, 0.6) is 0 Å². The van der Waals surface area contributed by atoms with Gasteiger partial charge in [-0.15, -0.1) is 5.10 Å². The summed E-state index contributed by atoms with van der Waals surface area (Å²) in [5, 5.41) is 27.6. The van der Waals surface area contributed by atoms with E-state index >= 15 is 0 Å². The molecule has 1 aromatic heterocycles. The monoisotopic (exact) mass is 645 g/mol. The number of nitrogen functional groups attached to an aromatic ring is 1. The van der Waals surface area contributed by atoms with E-state index in [4.69, 9.17) is 15.2 Å². The van der Waals surface area contributed by atoms with Crippen LogP contribution >= 0.6 is 11.8 Å². The first kappa shape index (κ1) is 33.1. The Bertz CT molecular complexity index is 1580. The number of amides is 2. The molecule has 1 aliphatic heterocycles. The molecule has 3 atom stereocenters. The number of rotatable bonds is 14. The number of tetrazole rings is 1. The molecule has 2 heterocycles. The Morgan fingerprint density at radius 3 is 2.35 bits per heavy atom. The molecule has 5 N–H and O–H groups in total.